The molecule has 2 aromatic heterocycles. The lowest BCUT2D eigenvalue weighted by Crippen LogP contribution is -2.04. The van der Waals surface area contributed by atoms with Crippen LogP contribution >= 0.6 is 0 Å². The highest BCUT2D eigenvalue weighted by Gasteiger charge is 2.21. The molecule has 0 N–H and O–H groups in total. The van der Waals surface area contributed by atoms with Gasteiger partial charge in [-0.15, -0.1) is 0 Å². The zero-order valence-electron chi connectivity index (χ0n) is 27.8. The summed E-state index contributed by atoms with van der Waals surface area (Å²) in [6.07, 6.45) is 0. The lowest BCUT2D eigenvalue weighted by atomic mass is 10.0. The highest BCUT2D eigenvalue weighted by molar-refractivity contribution is 6.10. The van der Waals surface area contributed by atoms with E-state index in [9.17, 15) is 4.39 Å². The predicted molar refractivity (Wildman–Crippen MR) is 206 cm³/mol. The molecule has 0 aliphatic carbocycles. The van der Waals surface area contributed by atoms with Crippen LogP contribution in [0.1, 0.15) is 5.56 Å². The summed E-state index contributed by atoms with van der Waals surface area (Å²) in [5.74, 6) is 1.44. The van der Waals surface area contributed by atoms with E-state index in [1.165, 1.54) is 11.6 Å². The van der Waals surface area contributed by atoms with Crippen molar-refractivity contribution in [2.45, 2.75) is 6.92 Å². The fourth-order valence-corrected chi connectivity index (χ4v) is 6.84. The summed E-state index contributed by atoms with van der Waals surface area (Å²) >= 11 is 0. The number of hydrogen-bond donors (Lipinski definition) is 0. The third kappa shape index (κ3) is 5.65. The number of aromatic nitrogens is 4. The minimum absolute atomic E-state index is 0.282. The van der Waals surface area contributed by atoms with Gasteiger partial charge in [0.2, 0.25) is 0 Å². The van der Waals surface area contributed by atoms with Crippen LogP contribution in [0.25, 0.3) is 83.9 Å². The molecule has 0 amide bonds. The zero-order valence-corrected chi connectivity index (χ0v) is 27.8. The number of aryl methyl sites for hydroxylation is 1. The topological polar surface area (TPSA) is 43.6 Å². The molecule has 0 unspecified atom stereocenters. The monoisotopic (exact) mass is 658 g/mol. The molecule has 9 aromatic rings. The number of benzene rings is 7. The molecule has 0 aliphatic heterocycles. The molecule has 0 atom stereocenters. The molecule has 0 fully saturated rings. The summed E-state index contributed by atoms with van der Waals surface area (Å²) in [5, 5.41) is 2.27. The first-order valence-corrected chi connectivity index (χ1v) is 17.0. The zero-order chi connectivity index (χ0) is 34.3. The molecule has 5 heteroatoms. The van der Waals surface area contributed by atoms with E-state index in [0.29, 0.717) is 17.5 Å². The van der Waals surface area contributed by atoms with Gasteiger partial charge in [0.15, 0.2) is 17.5 Å². The Kier molecular flexibility index (Phi) is 7.51. The van der Waals surface area contributed by atoms with Gasteiger partial charge in [-0.25, -0.2) is 19.3 Å². The van der Waals surface area contributed by atoms with Crippen LogP contribution in [0, 0.1) is 12.7 Å². The minimum Gasteiger partial charge on any atom is -0.308 e. The lowest BCUT2D eigenvalue weighted by molar-refractivity contribution is 0.628. The molecule has 2 heterocycles. The van der Waals surface area contributed by atoms with Crippen molar-refractivity contribution >= 4 is 21.8 Å². The average molecular weight is 659 g/mol. The summed E-state index contributed by atoms with van der Waals surface area (Å²) in [6.45, 7) is 2.10. The van der Waals surface area contributed by atoms with Crippen molar-refractivity contribution in [2.75, 3.05) is 0 Å². The summed E-state index contributed by atoms with van der Waals surface area (Å²) < 4.78 is 16.9. The Bertz CT molecular complexity index is 2640. The Labute approximate surface area is 295 Å². The van der Waals surface area contributed by atoms with Gasteiger partial charge in [0.25, 0.3) is 0 Å². The van der Waals surface area contributed by atoms with Crippen molar-refractivity contribution in [1.82, 2.24) is 19.5 Å². The van der Waals surface area contributed by atoms with Crippen molar-refractivity contribution in [3.05, 3.63) is 181 Å². The summed E-state index contributed by atoms with van der Waals surface area (Å²) in [4.78, 5) is 15.2. The van der Waals surface area contributed by atoms with E-state index in [2.05, 4.69) is 90.4 Å². The van der Waals surface area contributed by atoms with Crippen molar-refractivity contribution in [3.63, 3.8) is 0 Å². The second-order valence-electron chi connectivity index (χ2n) is 12.7. The van der Waals surface area contributed by atoms with Crippen LogP contribution in [0.4, 0.5) is 4.39 Å². The van der Waals surface area contributed by atoms with Gasteiger partial charge in [-0.2, -0.15) is 0 Å². The van der Waals surface area contributed by atoms with Gasteiger partial charge in [-0.1, -0.05) is 139 Å². The van der Waals surface area contributed by atoms with Crippen LogP contribution in [0.5, 0.6) is 0 Å². The molecule has 9 rings (SSSR count). The van der Waals surface area contributed by atoms with Gasteiger partial charge in [-0.05, 0) is 65.6 Å². The second-order valence-corrected chi connectivity index (χ2v) is 12.7. The van der Waals surface area contributed by atoms with Crippen LogP contribution in [-0.4, -0.2) is 19.5 Å². The Morgan fingerprint density at radius 2 is 0.961 bits per heavy atom. The molecule has 0 bridgehead atoms. The van der Waals surface area contributed by atoms with E-state index in [-0.39, 0.29) is 5.82 Å². The van der Waals surface area contributed by atoms with Gasteiger partial charge in [0.1, 0.15) is 5.82 Å². The molecule has 51 heavy (non-hydrogen) atoms. The molecule has 0 aliphatic rings. The second kappa shape index (κ2) is 12.6. The molecule has 0 saturated carbocycles. The lowest BCUT2D eigenvalue weighted by Gasteiger charge is -2.17. The quantitative estimate of drug-likeness (QED) is 0.179. The maximum Gasteiger partial charge on any atom is 0.166 e. The van der Waals surface area contributed by atoms with Crippen molar-refractivity contribution in [1.29, 1.82) is 0 Å². The normalized spacial score (nSPS) is 11.3. The van der Waals surface area contributed by atoms with Gasteiger partial charge < -0.3 is 4.57 Å². The predicted octanol–water partition coefficient (Wildman–Crippen LogP) is 11.8. The highest BCUT2D eigenvalue weighted by Crippen LogP contribution is 2.39. The molecule has 242 valence electrons. The number of hydrogen-bond acceptors (Lipinski definition) is 3. The molecule has 0 spiro atoms. The van der Waals surface area contributed by atoms with E-state index in [4.69, 9.17) is 15.0 Å². The number of fused-ring (bicyclic) bond motifs is 3. The Morgan fingerprint density at radius 1 is 0.412 bits per heavy atom. The molecule has 0 radical (unpaired) electrons. The smallest absolute Gasteiger partial charge is 0.166 e. The first-order chi connectivity index (χ1) is 25.1. The number of halogens is 1. The van der Waals surface area contributed by atoms with Gasteiger partial charge in [-0.3, -0.25) is 0 Å². The number of nitrogens with zero attached hydrogens (tertiary/aromatic N) is 4. The van der Waals surface area contributed by atoms with Gasteiger partial charge in [0.05, 0.1) is 16.7 Å². The third-order valence-electron chi connectivity index (χ3n) is 9.40. The first-order valence-electron chi connectivity index (χ1n) is 17.0. The first kappa shape index (κ1) is 30.3. The van der Waals surface area contributed by atoms with Crippen LogP contribution in [0.3, 0.4) is 0 Å². The van der Waals surface area contributed by atoms with Gasteiger partial charge >= 0.3 is 0 Å². The highest BCUT2D eigenvalue weighted by atomic mass is 19.1. The maximum atomic E-state index is 14.6. The van der Waals surface area contributed by atoms with Crippen molar-refractivity contribution < 1.29 is 4.39 Å². The standard InChI is InChI=1S/C46H31FN4/c1-30-19-21-31(22-20-30)35-23-25-39-38-17-8-9-18-41(38)51(42(39)28-35)43-29-36(34-15-10-16-37(47)27-34)24-26-40(43)46-49-44(32-11-4-2-5-12-32)48-45(50-46)33-13-6-3-7-14-33/h2-29H,1H3. The van der Waals surface area contributed by atoms with E-state index >= 15 is 0 Å². The molecular weight excluding hydrogens is 628 g/mol. The number of para-hydroxylation sites is 1. The molecule has 4 nitrogen and oxygen atoms in total. The Morgan fingerprint density at radius 3 is 1.67 bits per heavy atom. The van der Waals surface area contributed by atoms with Gasteiger partial charge in [0, 0.05) is 27.5 Å². The van der Waals surface area contributed by atoms with Crippen LogP contribution in [0.15, 0.2) is 170 Å². The van der Waals surface area contributed by atoms with Crippen molar-refractivity contribution in [2.24, 2.45) is 0 Å². The fourth-order valence-electron chi connectivity index (χ4n) is 6.84. The SMILES string of the molecule is Cc1ccc(-c2ccc3c4ccccc4n(-c4cc(-c5cccc(F)c5)ccc4-c4nc(-c5ccccc5)nc(-c5ccccc5)n4)c3c2)cc1. The number of rotatable bonds is 6. The summed E-state index contributed by atoms with van der Waals surface area (Å²) in [6, 6.07) is 56.7. The van der Waals surface area contributed by atoms with E-state index in [1.54, 1.807) is 12.1 Å². The third-order valence-corrected chi connectivity index (χ3v) is 9.40. The maximum absolute atomic E-state index is 14.6. The molecular formula is C46H31FN4. The van der Waals surface area contributed by atoms with Crippen LogP contribution < -0.4 is 0 Å². The van der Waals surface area contributed by atoms with E-state index in [1.807, 2.05) is 72.8 Å². The summed E-state index contributed by atoms with van der Waals surface area (Å²) in [5.41, 5.74) is 10.8. The fraction of sp³-hybridized carbons (Fsp3) is 0.0217. The molecule has 0 saturated heterocycles. The minimum atomic E-state index is -0.282. The Balaban J connectivity index is 1.36. The van der Waals surface area contributed by atoms with Crippen LogP contribution in [-0.2, 0) is 0 Å². The Hall–Kier alpha value is -6.72. The molecule has 7 aromatic carbocycles. The van der Waals surface area contributed by atoms with E-state index in [0.717, 1.165) is 66.4 Å². The van der Waals surface area contributed by atoms with E-state index < -0.39 is 0 Å². The summed E-state index contributed by atoms with van der Waals surface area (Å²) in [7, 11) is 0. The van der Waals surface area contributed by atoms with Crippen molar-refractivity contribution in [3.8, 4) is 62.1 Å². The largest absolute Gasteiger partial charge is 0.308 e. The average Bonchev–Trinajstić information content (AvgIpc) is 3.52. The van der Waals surface area contributed by atoms with Crippen LogP contribution in [0.2, 0.25) is 0 Å².